The van der Waals surface area contributed by atoms with E-state index in [0.29, 0.717) is 17.6 Å². The fourth-order valence-corrected chi connectivity index (χ4v) is 2.60. The first kappa shape index (κ1) is 12.8. The molecule has 0 bridgehead atoms. The van der Waals surface area contributed by atoms with Gasteiger partial charge in [0, 0.05) is 19.0 Å². The van der Waals surface area contributed by atoms with Crippen LogP contribution in [0.1, 0.15) is 25.1 Å². The highest BCUT2D eigenvalue weighted by atomic mass is 16.2. The fraction of sp³-hybridized carbons (Fsp3) is 0.429. The highest BCUT2D eigenvalue weighted by molar-refractivity contribution is 5.94. The molecule has 1 amide bonds. The zero-order valence-electron chi connectivity index (χ0n) is 11.5. The van der Waals surface area contributed by atoms with Crippen molar-refractivity contribution < 1.29 is 9.59 Å². The first-order valence-corrected chi connectivity index (χ1v) is 6.72. The number of fused-ring (bicyclic) bond motifs is 1. The average molecular weight is 272 g/mol. The van der Waals surface area contributed by atoms with E-state index in [1.165, 1.54) is 4.68 Å². The van der Waals surface area contributed by atoms with Crippen LogP contribution in [-0.2, 0) is 4.79 Å². The van der Waals surface area contributed by atoms with Crippen LogP contribution in [0, 0.1) is 5.92 Å². The van der Waals surface area contributed by atoms with E-state index < -0.39 is 0 Å². The predicted molar refractivity (Wildman–Crippen MR) is 73.1 cm³/mol. The molecule has 1 atom stereocenters. The molecular formula is C14H16N4O2. The van der Waals surface area contributed by atoms with E-state index in [2.05, 4.69) is 10.3 Å². The normalized spacial score (nSPS) is 19.2. The van der Waals surface area contributed by atoms with Gasteiger partial charge in [-0.1, -0.05) is 17.3 Å². The molecule has 1 saturated heterocycles. The van der Waals surface area contributed by atoms with Crippen LogP contribution < -0.4 is 0 Å². The molecule has 20 heavy (non-hydrogen) atoms. The first-order chi connectivity index (χ1) is 9.58. The van der Waals surface area contributed by atoms with Gasteiger partial charge in [0.05, 0.1) is 11.4 Å². The van der Waals surface area contributed by atoms with Crippen molar-refractivity contribution in [2.45, 2.75) is 26.3 Å². The second kappa shape index (κ2) is 4.70. The number of rotatable bonds is 2. The molecule has 104 valence electrons. The molecule has 1 fully saturated rings. The second-order valence-electron chi connectivity index (χ2n) is 5.37. The number of benzene rings is 1. The Kier molecular flexibility index (Phi) is 3.00. The predicted octanol–water partition coefficient (Wildman–Crippen LogP) is 1.33. The molecule has 0 unspecified atom stereocenters. The number of amides is 1. The Labute approximate surface area is 116 Å². The average Bonchev–Trinajstić information content (AvgIpc) is 3.01. The lowest BCUT2D eigenvalue weighted by atomic mass is 10.1. The maximum absolute atomic E-state index is 12.5. The highest BCUT2D eigenvalue weighted by Gasteiger charge is 2.36. The number of para-hydroxylation sites is 1. The zero-order valence-corrected chi connectivity index (χ0v) is 11.5. The summed E-state index contributed by atoms with van der Waals surface area (Å²) in [6, 6.07) is 7.44. The van der Waals surface area contributed by atoms with Gasteiger partial charge in [-0.15, -0.1) is 5.10 Å². The summed E-state index contributed by atoms with van der Waals surface area (Å²) < 4.78 is 1.32. The molecule has 0 aliphatic carbocycles. The molecule has 0 radical (unpaired) electrons. The van der Waals surface area contributed by atoms with E-state index in [-0.39, 0.29) is 30.2 Å². The Balaban J connectivity index is 1.89. The minimum Gasteiger partial charge on any atom is -0.339 e. The van der Waals surface area contributed by atoms with Gasteiger partial charge in [-0.3, -0.25) is 9.59 Å². The van der Waals surface area contributed by atoms with Crippen LogP contribution in [0.3, 0.4) is 0 Å². The second-order valence-corrected chi connectivity index (χ2v) is 5.37. The first-order valence-electron chi connectivity index (χ1n) is 6.72. The minimum atomic E-state index is -0.338. The van der Waals surface area contributed by atoms with Gasteiger partial charge in [0.1, 0.15) is 5.52 Å². The van der Waals surface area contributed by atoms with Crippen LogP contribution in [0.2, 0.25) is 0 Å². The van der Waals surface area contributed by atoms with Crippen molar-refractivity contribution in [3.8, 4) is 0 Å². The van der Waals surface area contributed by atoms with Crippen molar-refractivity contribution in [3.63, 3.8) is 0 Å². The molecule has 2 aromatic rings. The summed E-state index contributed by atoms with van der Waals surface area (Å²) in [5, 5.41) is 7.90. The van der Waals surface area contributed by atoms with Gasteiger partial charge in [-0.05, 0) is 26.0 Å². The summed E-state index contributed by atoms with van der Waals surface area (Å²) in [5.41, 5.74) is 1.37. The smallest absolute Gasteiger partial charge is 0.254 e. The van der Waals surface area contributed by atoms with Crippen molar-refractivity contribution in [3.05, 3.63) is 24.3 Å². The quantitative estimate of drug-likeness (QED) is 0.827. The lowest BCUT2D eigenvalue weighted by Crippen LogP contribution is -2.33. The Morgan fingerprint density at radius 1 is 1.35 bits per heavy atom. The van der Waals surface area contributed by atoms with Crippen molar-refractivity contribution in [1.29, 1.82) is 0 Å². The van der Waals surface area contributed by atoms with E-state index in [4.69, 9.17) is 0 Å². The summed E-state index contributed by atoms with van der Waals surface area (Å²) >= 11 is 0. The largest absolute Gasteiger partial charge is 0.339 e. The van der Waals surface area contributed by atoms with E-state index in [0.717, 1.165) is 0 Å². The summed E-state index contributed by atoms with van der Waals surface area (Å²) in [6.45, 7) is 4.37. The van der Waals surface area contributed by atoms with E-state index in [9.17, 15) is 9.59 Å². The molecular weight excluding hydrogens is 256 g/mol. The molecule has 6 heteroatoms. The molecule has 2 heterocycles. The van der Waals surface area contributed by atoms with Crippen LogP contribution in [0.5, 0.6) is 0 Å². The molecule has 1 aliphatic rings. The highest BCUT2D eigenvalue weighted by Crippen LogP contribution is 2.22. The molecule has 6 nitrogen and oxygen atoms in total. The van der Waals surface area contributed by atoms with E-state index in [1.54, 1.807) is 4.90 Å². The van der Waals surface area contributed by atoms with E-state index >= 15 is 0 Å². The van der Waals surface area contributed by atoms with Crippen LogP contribution in [0.4, 0.5) is 0 Å². The number of hydrogen-bond acceptors (Lipinski definition) is 4. The molecule has 0 saturated carbocycles. The Morgan fingerprint density at radius 2 is 2.10 bits per heavy atom. The minimum absolute atomic E-state index is 0.0303. The van der Waals surface area contributed by atoms with Gasteiger partial charge in [0.25, 0.3) is 5.91 Å². The number of carbonyl (C=O) groups is 2. The third-order valence-electron chi connectivity index (χ3n) is 3.69. The van der Waals surface area contributed by atoms with Crippen molar-refractivity contribution in [2.75, 3.05) is 6.54 Å². The lowest BCUT2D eigenvalue weighted by Gasteiger charge is -2.20. The van der Waals surface area contributed by atoms with Gasteiger partial charge in [-0.2, -0.15) is 4.68 Å². The molecule has 1 aliphatic heterocycles. The summed E-state index contributed by atoms with van der Waals surface area (Å²) in [7, 11) is 0. The topological polar surface area (TPSA) is 68.1 Å². The number of likely N-dealkylation sites (tertiary alicyclic amines) is 1. The van der Waals surface area contributed by atoms with Crippen molar-refractivity contribution >= 4 is 22.8 Å². The zero-order chi connectivity index (χ0) is 14.3. The third kappa shape index (κ3) is 1.97. The standard InChI is InChI=1S/C14H16N4O2/c1-9(2)17-8-10(7-13(17)19)14(20)18-12-6-4-3-5-11(12)15-16-18/h3-6,9-10H,7-8H2,1-2H3/t10-/m1/s1. The van der Waals surface area contributed by atoms with Crippen LogP contribution in [0.25, 0.3) is 11.0 Å². The lowest BCUT2D eigenvalue weighted by molar-refractivity contribution is -0.129. The maximum Gasteiger partial charge on any atom is 0.254 e. The van der Waals surface area contributed by atoms with Crippen LogP contribution in [0.15, 0.2) is 24.3 Å². The monoisotopic (exact) mass is 272 g/mol. The molecule has 0 spiro atoms. The molecule has 3 rings (SSSR count). The summed E-state index contributed by atoms with van der Waals surface area (Å²) in [4.78, 5) is 26.1. The SMILES string of the molecule is CC(C)N1C[C@H](C(=O)n2nnc3ccccc32)CC1=O. The van der Waals surface area contributed by atoms with Crippen LogP contribution in [-0.4, -0.2) is 44.3 Å². The summed E-state index contributed by atoms with van der Waals surface area (Å²) in [5.74, 6) is -0.465. The van der Waals surface area contributed by atoms with Gasteiger partial charge >= 0.3 is 0 Å². The number of nitrogens with zero attached hydrogens (tertiary/aromatic N) is 4. The number of hydrogen-bond donors (Lipinski definition) is 0. The van der Waals surface area contributed by atoms with Gasteiger partial charge in [-0.25, -0.2) is 0 Å². The molecule has 1 aromatic carbocycles. The number of aromatic nitrogens is 3. The van der Waals surface area contributed by atoms with Gasteiger partial charge < -0.3 is 4.90 Å². The summed E-state index contributed by atoms with van der Waals surface area (Å²) in [6.07, 6.45) is 0.255. The third-order valence-corrected chi connectivity index (χ3v) is 3.69. The molecule has 1 aromatic heterocycles. The van der Waals surface area contributed by atoms with Crippen LogP contribution >= 0.6 is 0 Å². The fourth-order valence-electron chi connectivity index (χ4n) is 2.60. The Bertz CT molecular complexity index is 677. The maximum atomic E-state index is 12.5. The number of carbonyl (C=O) groups excluding carboxylic acids is 2. The van der Waals surface area contributed by atoms with Crippen molar-refractivity contribution in [1.82, 2.24) is 19.9 Å². The van der Waals surface area contributed by atoms with Crippen molar-refractivity contribution in [2.24, 2.45) is 5.92 Å². The van der Waals surface area contributed by atoms with E-state index in [1.807, 2.05) is 38.1 Å². The Morgan fingerprint density at radius 3 is 2.80 bits per heavy atom. The Hall–Kier alpha value is -2.24. The molecule has 0 N–H and O–H groups in total. The van der Waals surface area contributed by atoms with Gasteiger partial charge in [0.2, 0.25) is 5.91 Å². The van der Waals surface area contributed by atoms with Gasteiger partial charge in [0.15, 0.2) is 0 Å².